The third kappa shape index (κ3) is 3.65. The summed E-state index contributed by atoms with van der Waals surface area (Å²) >= 11 is 0. The van der Waals surface area contributed by atoms with Crippen LogP contribution in [0.2, 0.25) is 0 Å². The van der Waals surface area contributed by atoms with Crippen molar-refractivity contribution in [2.45, 2.75) is 45.4 Å². The van der Waals surface area contributed by atoms with Crippen molar-refractivity contribution < 1.29 is 14.2 Å². The maximum Gasteiger partial charge on any atom is 0.0928 e. The Bertz CT molecular complexity index is 221. The molecule has 3 unspecified atom stereocenters. The standard InChI is InChI=1S/C13H27NO3/c1-6-17-12-7-11(13(12,2)3)14-8-10(16-5)9-15-4/h10-12,14H,6-9H2,1-5H3. The van der Waals surface area contributed by atoms with E-state index in [0.717, 1.165) is 19.6 Å². The highest BCUT2D eigenvalue weighted by Crippen LogP contribution is 2.42. The van der Waals surface area contributed by atoms with Gasteiger partial charge in [0.15, 0.2) is 0 Å². The largest absolute Gasteiger partial charge is 0.382 e. The Hall–Kier alpha value is -0.160. The normalized spacial score (nSPS) is 28.8. The van der Waals surface area contributed by atoms with E-state index in [1.807, 2.05) is 0 Å². The van der Waals surface area contributed by atoms with Gasteiger partial charge in [0.25, 0.3) is 0 Å². The Morgan fingerprint density at radius 1 is 1.35 bits per heavy atom. The molecule has 17 heavy (non-hydrogen) atoms. The van der Waals surface area contributed by atoms with Crippen LogP contribution in [0.5, 0.6) is 0 Å². The molecular formula is C13H27NO3. The molecule has 1 rings (SSSR count). The molecular weight excluding hydrogens is 218 g/mol. The molecule has 1 saturated carbocycles. The van der Waals surface area contributed by atoms with Gasteiger partial charge >= 0.3 is 0 Å². The highest BCUT2D eigenvalue weighted by atomic mass is 16.5. The number of hydrogen-bond acceptors (Lipinski definition) is 4. The first-order chi connectivity index (χ1) is 8.06. The topological polar surface area (TPSA) is 39.7 Å². The molecule has 0 amide bonds. The Morgan fingerprint density at radius 3 is 2.53 bits per heavy atom. The Balaban J connectivity index is 2.29. The predicted octanol–water partition coefficient (Wildman–Crippen LogP) is 1.44. The van der Waals surface area contributed by atoms with E-state index in [-0.39, 0.29) is 11.5 Å². The van der Waals surface area contributed by atoms with Crippen LogP contribution >= 0.6 is 0 Å². The highest BCUT2D eigenvalue weighted by Gasteiger charge is 2.48. The second-order valence-corrected chi connectivity index (χ2v) is 5.27. The molecule has 1 fully saturated rings. The molecule has 0 radical (unpaired) electrons. The van der Waals surface area contributed by atoms with E-state index >= 15 is 0 Å². The second-order valence-electron chi connectivity index (χ2n) is 5.27. The van der Waals surface area contributed by atoms with Gasteiger partial charge in [-0.1, -0.05) is 13.8 Å². The first kappa shape index (κ1) is 14.9. The molecule has 0 aliphatic heterocycles. The molecule has 4 heteroatoms. The summed E-state index contributed by atoms with van der Waals surface area (Å²) < 4.78 is 16.1. The van der Waals surface area contributed by atoms with Gasteiger partial charge in [0, 0.05) is 38.8 Å². The minimum atomic E-state index is 0.127. The minimum absolute atomic E-state index is 0.127. The molecule has 1 aliphatic rings. The van der Waals surface area contributed by atoms with Crippen molar-refractivity contribution in [2.75, 3.05) is 34.0 Å². The predicted molar refractivity (Wildman–Crippen MR) is 68.3 cm³/mol. The lowest BCUT2D eigenvalue weighted by Gasteiger charge is -2.52. The van der Waals surface area contributed by atoms with Gasteiger partial charge in [0.1, 0.15) is 0 Å². The van der Waals surface area contributed by atoms with Crippen LogP contribution in [0.15, 0.2) is 0 Å². The maximum absolute atomic E-state index is 5.71. The molecule has 0 heterocycles. The summed E-state index contributed by atoms with van der Waals surface area (Å²) in [5.74, 6) is 0. The minimum Gasteiger partial charge on any atom is -0.382 e. The molecule has 4 nitrogen and oxygen atoms in total. The summed E-state index contributed by atoms with van der Waals surface area (Å²) in [6.07, 6.45) is 1.60. The Labute approximate surface area is 105 Å². The molecule has 0 aromatic carbocycles. The van der Waals surface area contributed by atoms with Crippen LogP contribution in [0.4, 0.5) is 0 Å². The quantitative estimate of drug-likeness (QED) is 0.702. The lowest BCUT2D eigenvalue weighted by atomic mass is 9.64. The molecule has 0 spiro atoms. The monoisotopic (exact) mass is 245 g/mol. The van der Waals surface area contributed by atoms with E-state index in [2.05, 4.69) is 26.1 Å². The molecule has 102 valence electrons. The summed E-state index contributed by atoms with van der Waals surface area (Å²) in [6.45, 7) is 8.82. The summed E-state index contributed by atoms with van der Waals surface area (Å²) in [4.78, 5) is 0. The zero-order chi connectivity index (χ0) is 12.9. The van der Waals surface area contributed by atoms with Crippen LogP contribution in [0.25, 0.3) is 0 Å². The van der Waals surface area contributed by atoms with E-state index in [9.17, 15) is 0 Å². The summed E-state index contributed by atoms with van der Waals surface area (Å²) in [7, 11) is 3.42. The van der Waals surface area contributed by atoms with Gasteiger partial charge in [-0.15, -0.1) is 0 Å². The molecule has 0 saturated heterocycles. The van der Waals surface area contributed by atoms with Crippen LogP contribution in [-0.2, 0) is 14.2 Å². The molecule has 1 N–H and O–H groups in total. The highest BCUT2D eigenvalue weighted by molar-refractivity contribution is 5.02. The Morgan fingerprint density at radius 2 is 2.06 bits per heavy atom. The zero-order valence-corrected chi connectivity index (χ0v) is 11.8. The van der Waals surface area contributed by atoms with Crippen molar-refractivity contribution in [3.63, 3.8) is 0 Å². The van der Waals surface area contributed by atoms with Crippen molar-refractivity contribution >= 4 is 0 Å². The van der Waals surface area contributed by atoms with Gasteiger partial charge in [-0.3, -0.25) is 0 Å². The summed E-state index contributed by atoms with van der Waals surface area (Å²) in [6, 6.07) is 0.508. The molecule has 3 atom stereocenters. The fourth-order valence-electron chi connectivity index (χ4n) is 2.39. The number of rotatable bonds is 8. The van der Waals surface area contributed by atoms with E-state index in [1.54, 1.807) is 14.2 Å². The molecule has 0 aromatic rings. The van der Waals surface area contributed by atoms with Crippen molar-refractivity contribution in [1.29, 1.82) is 0 Å². The summed E-state index contributed by atoms with van der Waals surface area (Å²) in [5, 5.41) is 3.55. The lowest BCUT2D eigenvalue weighted by Crippen LogP contribution is -2.62. The maximum atomic E-state index is 5.71. The first-order valence-electron chi connectivity index (χ1n) is 6.42. The number of nitrogens with one attached hydrogen (secondary N) is 1. The number of methoxy groups -OCH3 is 2. The fraction of sp³-hybridized carbons (Fsp3) is 1.00. The van der Waals surface area contributed by atoms with Crippen molar-refractivity contribution in [3.05, 3.63) is 0 Å². The first-order valence-corrected chi connectivity index (χ1v) is 6.42. The van der Waals surface area contributed by atoms with E-state index in [4.69, 9.17) is 14.2 Å². The molecule has 0 aromatic heterocycles. The fourth-order valence-corrected chi connectivity index (χ4v) is 2.39. The van der Waals surface area contributed by atoms with Gasteiger partial charge < -0.3 is 19.5 Å². The van der Waals surface area contributed by atoms with E-state index in [0.29, 0.717) is 18.8 Å². The van der Waals surface area contributed by atoms with E-state index < -0.39 is 0 Å². The average molecular weight is 245 g/mol. The van der Waals surface area contributed by atoms with Crippen LogP contribution in [-0.4, -0.2) is 52.2 Å². The molecule has 1 aliphatic carbocycles. The lowest BCUT2D eigenvalue weighted by molar-refractivity contribution is -0.116. The number of ether oxygens (including phenoxy) is 3. The van der Waals surface area contributed by atoms with Crippen LogP contribution in [0.3, 0.4) is 0 Å². The third-order valence-corrected chi connectivity index (χ3v) is 3.82. The van der Waals surface area contributed by atoms with Crippen molar-refractivity contribution in [2.24, 2.45) is 5.41 Å². The Kier molecular flexibility index (Phi) is 5.86. The van der Waals surface area contributed by atoms with Gasteiger partial charge in [-0.05, 0) is 13.3 Å². The smallest absolute Gasteiger partial charge is 0.0928 e. The van der Waals surface area contributed by atoms with Crippen LogP contribution in [0, 0.1) is 5.41 Å². The van der Waals surface area contributed by atoms with Crippen LogP contribution in [0.1, 0.15) is 27.2 Å². The van der Waals surface area contributed by atoms with Gasteiger partial charge in [-0.2, -0.15) is 0 Å². The van der Waals surface area contributed by atoms with Gasteiger partial charge in [0.05, 0.1) is 18.8 Å². The zero-order valence-electron chi connectivity index (χ0n) is 11.8. The summed E-state index contributed by atoms with van der Waals surface area (Å²) in [5.41, 5.74) is 0.210. The second kappa shape index (κ2) is 6.69. The van der Waals surface area contributed by atoms with Gasteiger partial charge in [0.2, 0.25) is 0 Å². The van der Waals surface area contributed by atoms with Crippen molar-refractivity contribution in [3.8, 4) is 0 Å². The van der Waals surface area contributed by atoms with Crippen molar-refractivity contribution in [1.82, 2.24) is 5.32 Å². The third-order valence-electron chi connectivity index (χ3n) is 3.82. The molecule has 0 bridgehead atoms. The van der Waals surface area contributed by atoms with Gasteiger partial charge in [-0.25, -0.2) is 0 Å². The number of hydrogen-bond donors (Lipinski definition) is 1. The average Bonchev–Trinajstić information content (AvgIpc) is 2.31. The SMILES string of the molecule is CCOC1CC(NCC(COC)OC)C1(C)C. The van der Waals surface area contributed by atoms with E-state index in [1.165, 1.54) is 0 Å². The van der Waals surface area contributed by atoms with Crippen LogP contribution < -0.4 is 5.32 Å².